The molecule has 0 bridgehead atoms. The van der Waals surface area contributed by atoms with Crippen LogP contribution in [0.1, 0.15) is 44.4 Å². The first-order chi connectivity index (χ1) is 19.9. The van der Waals surface area contributed by atoms with E-state index in [2.05, 4.69) is 16.0 Å². The predicted molar refractivity (Wildman–Crippen MR) is 148 cm³/mol. The first-order valence-electron chi connectivity index (χ1n) is 13.2. The maximum atomic E-state index is 13.2. The highest BCUT2D eigenvalue weighted by Gasteiger charge is 2.46. The highest BCUT2D eigenvalue weighted by Crippen LogP contribution is 2.33. The number of nitro groups is 1. The standard InChI is InChI=1S/C29H30N4O9/c1-15(2)26(27(36)25-16(3)28(37)32-29(25)38)31-24(35)13-20(18-5-4-6-19(12-18)33(39)40)30-23(34)10-8-17-7-9-21-22(11-17)42-14-41-21/h4-12,15-16,20,25-26H,13-14H2,1-3H3,(H,30,34)(H,31,35)(H,32,37,38)/b10-8+/t16-,20?,25+,26-/m0/s1. The van der Waals surface area contributed by atoms with Crippen LogP contribution in [0.25, 0.3) is 6.08 Å². The monoisotopic (exact) mass is 578 g/mol. The Morgan fingerprint density at radius 3 is 2.48 bits per heavy atom. The minimum Gasteiger partial charge on any atom is -0.454 e. The fraction of sp³-hybridized carbons (Fsp3) is 0.345. The van der Waals surface area contributed by atoms with Crippen molar-refractivity contribution < 1.29 is 38.4 Å². The number of hydrogen-bond donors (Lipinski definition) is 3. The molecule has 0 radical (unpaired) electrons. The number of ketones is 1. The number of fused-ring (bicyclic) bond motifs is 1. The number of benzene rings is 2. The first-order valence-corrected chi connectivity index (χ1v) is 13.2. The highest BCUT2D eigenvalue weighted by molar-refractivity contribution is 6.16. The largest absolute Gasteiger partial charge is 0.454 e. The van der Waals surface area contributed by atoms with Gasteiger partial charge in [-0.1, -0.05) is 39.0 Å². The summed E-state index contributed by atoms with van der Waals surface area (Å²) in [6.07, 6.45) is 2.41. The van der Waals surface area contributed by atoms with Gasteiger partial charge in [-0.15, -0.1) is 0 Å². The van der Waals surface area contributed by atoms with Crippen molar-refractivity contribution >= 4 is 41.2 Å². The molecule has 4 rings (SSSR count). The van der Waals surface area contributed by atoms with Crippen LogP contribution in [-0.2, 0) is 24.0 Å². The van der Waals surface area contributed by atoms with Crippen LogP contribution < -0.4 is 25.4 Å². The Kier molecular flexibility index (Phi) is 8.99. The second kappa shape index (κ2) is 12.6. The number of non-ortho nitro benzene ring substituents is 1. The van der Waals surface area contributed by atoms with Gasteiger partial charge in [0.1, 0.15) is 5.92 Å². The van der Waals surface area contributed by atoms with Crippen molar-refractivity contribution in [1.29, 1.82) is 0 Å². The summed E-state index contributed by atoms with van der Waals surface area (Å²) < 4.78 is 10.6. The minimum absolute atomic E-state index is 0.101. The van der Waals surface area contributed by atoms with Gasteiger partial charge in [0.05, 0.1) is 29.3 Å². The number of carbonyl (C=O) groups excluding carboxylic acids is 5. The molecule has 13 nitrogen and oxygen atoms in total. The van der Waals surface area contributed by atoms with E-state index in [9.17, 15) is 34.1 Å². The Bertz CT molecular complexity index is 1470. The van der Waals surface area contributed by atoms with Gasteiger partial charge < -0.3 is 20.1 Å². The Morgan fingerprint density at radius 2 is 1.81 bits per heavy atom. The number of hydrogen-bond acceptors (Lipinski definition) is 9. The minimum atomic E-state index is -1.24. The maximum Gasteiger partial charge on any atom is 0.269 e. The molecule has 13 heteroatoms. The van der Waals surface area contributed by atoms with E-state index in [-0.39, 0.29) is 18.9 Å². The number of ether oxygens (including phenoxy) is 2. The third-order valence-electron chi connectivity index (χ3n) is 7.05. The van der Waals surface area contributed by atoms with E-state index in [1.54, 1.807) is 32.0 Å². The van der Waals surface area contributed by atoms with Gasteiger partial charge in [-0.2, -0.15) is 0 Å². The summed E-state index contributed by atoms with van der Waals surface area (Å²) in [4.78, 5) is 74.3. The lowest BCUT2D eigenvalue weighted by atomic mass is 9.85. The molecule has 4 atom stereocenters. The number of rotatable bonds is 11. The molecule has 2 aliphatic heterocycles. The number of nitro benzene ring substituents is 1. The molecular weight excluding hydrogens is 548 g/mol. The van der Waals surface area contributed by atoms with Crippen LogP contribution >= 0.6 is 0 Å². The molecule has 2 aromatic rings. The molecule has 0 spiro atoms. The van der Waals surface area contributed by atoms with Gasteiger partial charge in [0.15, 0.2) is 17.3 Å². The average Bonchev–Trinajstić information content (AvgIpc) is 3.52. The molecule has 220 valence electrons. The Morgan fingerprint density at radius 1 is 1.07 bits per heavy atom. The van der Waals surface area contributed by atoms with E-state index in [0.29, 0.717) is 22.6 Å². The summed E-state index contributed by atoms with van der Waals surface area (Å²) in [7, 11) is 0. The summed E-state index contributed by atoms with van der Waals surface area (Å²) in [6.45, 7) is 4.93. The normalized spacial score (nSPS) is 19.0. The summed E-state index contributed by atoms with van der Waals surface area (Å²) in [5.41, 5.74) is 0.719. The molecule has 1 saturated heterocycles. The van der Waals surface area contributed by atoms with E-state index in [4.69, 9.17) is 9.47 Å². The van der Waals surface area contributed by atoms with Gasteiger partial charge in [0, 0.05) is 18.2 Å². The van der Waals surface area contributed by atoms with Crippen molar-refractivity contribution in [2.45, 2.75) is 39.3 Å². The molecule has 2 aromatic carbocycles. The van der Waals surface area contributed by atoms with Crippen LogP contribution in [0.2, 0.25) is 0 Å². The quantitative estimate of drug-likeness (QED) is 0.118. The fourth-order valence-corrected chi connectivity index (χ4v) is 4.76. The van der Waals surface area contributed by atoms with Crippen LogP contribution in [-0.4, -0.2) is 47.2 Å². The molecule has 1 unspecified atom stereocenters. The van der Waals surface area contributed by atoms with Crippen molar-refractivity contribution in [3.8, 4) is 11.5 Å². The van der Waals surface area contributed by atoms with Crippen LogP contribution in [0.15, 0.2) is 48.5 Å². The Labute approximate surface area is 240 Å². The maximum absolute atomic E-state index is 13.2. The number of nitrogens with one attached hydrogen (secondary N) is 3. The first kappa shape index (κ1) is 29.9. The average molecular weight is 579 g/mol. The molecule has 0 aromatic heterocycles. The zero-order valence-corrected chi connectivity index (χ0v) is 23.1. The zero-order valence-electron chi connectivity index (χ0n) is 23.1. The molecule has 3 N–H and O–H groups in total. The van der Waals surface area contributed by atoms with E-state index in [0.717, 1.165) is 0 Å². The topological polar surface area (TPSA) is 183 Å². The lowest BCUT2D eigenvalue weighted by Crippen LogP contribution is -2.49. The number of carbonyl (C=O) groups is 5. The molecule has 4 amide bonds. The van der Waals surface area contributed by atoms with Gasteiger partial charge in [0.25, 0.3) is 5.69 Å². The number of nitrogens with zero attached hydrogens (tertiary/aromatic N) is 1. The van der Waals surface area contributed by atoms with Crippen LogP contribution in [0.5, 0.6) is 11.5 Å². The summed E-state index contributed by atoms with van der Waals surface area (Å²) >= 11 is 0. The molecule has 42 heavy (non-hydrogen) atoms. The second-order valence-corrected chi connectivity index (χ2v) is 10.4. The predicted octanol–water partition coefficient (Wildman–Crippen LogP) is 2.20. The summed E-state index contributed by atoms with van der Waals surface area (Å²) in [6, 6.07) is 8.54. The van der Waals surface area contributed by atoms with Gasteiger partial charge in [-0.3, -0.25) is 39.4 Å². The Hall–Kier alpha value is -5.07. The van der Waals surface area contributed by atoms with E-state index in [1.165, 1.54) is 43.3 Å². The van der Waals surface area contributed by atoms with Crippen molar-refractivity contribution in [3.63, 3.8) is 0 Å². The lowest BCUT2D eigenvalue weighted by molar-refractivity contribution is -0.384. The molecule has 0 aliphatic carbocycles. The summed E-state index contributed by atoms with van der Waals surface area (Å²) in [5.74, 6) is -4.52. The van der Waals surface area contributed by atoms with Crippen LogP contribution in [0.4, 0.5) is 5.69 Å². The number of amides is 4. The molecule has 1 fully saturated rings. The molecule has 2 heterocycles. The third-order valence-corrected chi connectivity index (χ3v) is 7.05. The van der Waals surface area contributed by atoms with E-state index in [1.807, 2.05) is 0 Å². The van der Waals surface area contributed by atoms with Gasteiger partial charge >= 0.3 is 0 Å². The highest BCUT2D eigenvalue weighted by atomic mass is 16.7. The Balaban J connectivity index is 1.51. The smallest absolute Gasteiger partial charge is 0.269 e. The van der Waals surface area contributed by atoms with Gasteiger partial charge in [0.2, 0.25) is 30.4 Å². The van der Waals surface area contributed by atoms with Crippen LogP contribution in [0.3, 0.4) is 0 Å². The van der Waals surface area contributed by atoms with Crippen molar-refractivity contribution in [2.24, 2.45) is 17.8 Å². The molecule has 0 saturated carbocycles. The molecule has 2 aliphatic rings. The van der Waals surface area contributed by atoms with E-state index < -0.39 is 64.2 Å². The van der Waals surface area contributed by atoms with Crippen molar-refractivity contribution in [2.75, 3.05) is 6.79 Å². The number of Topliss-reactive ketones (excluding diaryl/α,β-unsaturated/α-hetero) is 1. The molecular formula is C29H30N4O9. The zero-order chi connectivity index (χ0) is 30.6. The lowest BCUT2D eigenvalue weighted by Gasteiger charge is -2.25. The van der Waals surface area contributed by atoms with Crippen LogP contribution in [0, 0.1) is 27.9 Å². The summed E-state index contributed by atoms with van der Waals surface area (Å²) in [5, 5.41) is 18.8. The van der Waals surface area contributed by atoms with Gasteiger partial charge in [-0.25, -0.2) is 0 Å². The van der Waals surface area contributed by atoms with E-state index >= 15 is 0 Å². The van der Waals surface area contributed by atoms with Crippen molar-refractivity contribution in [3.05, 3.63) is 69.8 Å². The number of imide groups is 1. The third kappa shape index (κ3) is 6.79. The van der Waals surface area contributed by atoms with Crippen molar-refractivity contribution in [1.82, 2.24) is 16.0 Å². The van der Waals surface area contributed by atoms with Gasteiger partial charge in [-0.05, 0) is 35.3 Å². The fourth-order valence-electron chi connectivity index (χ4n) is 4.76. The second-order valence-electron chi connectivity index (χ2n) is 10.4. The SMILES string of the molecule is CC(C)[C@H](NC(=O)CC(NC(=O)/C=C/c1ccc2c(c1)OCO2)c1cccc([N+](=O)[O-])c1)C(=O)[C@@H]1C(=O)NC(=O)[C@H]1C.